The molecule has 2 heterocycles. The van der Waals surface area contributed by atoms with Crippen molar-refractivity contribution in [3.8, 4) is 11.5 Å². The van der Waals surface area contributed by atoms with Crippen molar-refractivity contribution >= 4 is 5.69 Å². The Hall–Kier alpha value is -2.85. The van der Waals surface area contributed by atoms with Crippen molar-refractivity contribution in [1.29, 1.82) is 0 Å². The maximum atomic E-state index is 5.84. The van der Waals surface area contributed by atoms with Crippen LogP contribution < -0.4 is 9.64 Å². The molecule has 4 nitrogen and oxygen atoms in total. The van der Waals surface area contributed by atoms with Crippen LogP contribution in [0, 0.1) is 0 Å². The summed E-state index contributed by atoms with van der Waals surface area (Å²) in [6, 6.07) is 22.8. The van der Waals surface area contributed by atoms with Gasteiger partial charge in [-0.25, -0.2) is 0 Å². The second-order valence-corrected chi connectivity index (χ2v) is 6.53. The molecular weight excluding hydrogens is 322 g/mol. The fourth-order valence-electron chi connectivity index (χ4n) is 3.27. The maximum Gasteiger partial charge on any atom is 0.130 e. The highest BCUT2D eigenvalue weighted by atomic mass is 16.5. The molecule has 1 aliphatic rings. The van der Waals surface area contributed by atoms with Gasteiger partial charge in [0.1, 0.15) is 11.5 Å². The number of ether oxygens (including phenoxy) is 1. The van der Waals surface area contributed by atoms with E-state index in [1.54, 1.807) is 12.4 Å². The Morgan fingerprint density at radius 1 is 0.731 bits per heavy atom. The van der Waals surface area contributed by atoms with Gasteiger partial charge in [-0.3, -0.25) is 9.88 Å². The number of benzene rings is 2. The molecule has 1 aromatic heterocycles. The number of pyridine rings is 1. The molecule has 1 saturated heterocycles. The van der Waals surface area contributed by atoms with Crippen molar-refractivity contribution in [2.75, 3.05) is 31.1 Å². The summed E-state index contributed by atoms with van der Waals surface area (Å²) in [5.41, 5.74) is 2.64. The van der Waals surface area contributed by atoms with Gasteiger partial charge in [0.2, 0.25) is 0 Å². The molecule has 2 aromatic carbocycles. The van der Waals surface area contributed by atoms with Crippen LogP contribution in [0.25, 0.3) is 0 Å². The van der Waals surface area contributed by atoms with Gasteiger partial charge in [-0.2, -0.15) is 0 Å². The molecule has 0 aliphatic carbocycles. The van der Waals surface area contributed by atoms with Crippen LogP contribution in [0.15, 0.2) is 79.1 Å². The van der Waals surface area contributed by atoms with Gasteiger partial charge in [0.15, 0.2) is 0 Å². The summed E-state index contributed by atoms with van der Waals surface area (Å²) in [6.07, 6.45) is 3.47. The predicted octanol–water partition coefficient (Wildman–Crippen LogP) is 4.20. The van der Waals surface area contributed by atoms with Crippen molar-refractivity contribution in [2.24, 2.45) is 0 Å². The molecule has 0 atom stereocenters. The molecule has 0 spiro atoms. The highest BCUT2D eigenvalue weighted by Crippen LogP contribution is 2.24. The molecule has 0 unspecified atom stereocenters. The van der Waals surface area contributed by atoms with Crippen LogP contribution in [0.4, 0.5) is 5.69 Å². The van der Waals surface area contributed by atoms with Gasteiger partial charge in [0, 0.05) is 50.8 Å². The number of rotatable bonds is 5. The summed E-state index contributed by atoms with van der Waals surface area (Å²) in [7, 11) is 0. The van der Waals surface area contributed by atoms with Crippen LogP contribution in [0.5, 0.6) is 11.5 Å². The lowest BCUT2D eigenvalue weighted by Gasteiger charge is -2.36. The summed E-state index contributed by atoms with van der Waals surface area (Å²) in [5, 5.41) is 0. The standard InChI is InChI=1S/C22H23N3O/c1-2-4-19(5-3-1)18-24-14-16-25(17-15-24)20-6-8-21(9-7-20)26-22-10-12-23-13-11-22/h1-13H,14-18H2. The third-order valence-electron chi connectivity index (χ3n) is 4.71. The van der Waals surface area contributed by atoms with Crippen LogP contribution in [0.3, 0.4) is 0 Å². The molecule has 0 saturated carbocycles. The largest absolute Gasteiger partial charge is 0.457 e. The van der Waals surface area contributed by atoms with E-state index in [0.717, 1.165) is 44.2 Å². The zero-order valence-electron chi connectivity index (χ0n) is 14.8. The summed E-state index contributed by atoms with van der Waals surface area (Å²) in [4.78, 5) is 8.97. The molecule has 4 heteroatoms. The van der Waals surface area contributed by atoms with Gasteiger partial charge in [-0.05, 0) is 42.0 Å². The molecule has 3 aromatic rings. The first-order valence-corrected chi connectivity index (χ1v) is 9.06. The Morgan fingerprint density at radius 2 is 1.38 bits per heavy atom. The van der Waals surface area contributed by atoms with Crippen molar-refractivity contribution in [3.05, 3.63) is 84.7 Å². The molecule has 26 heavy (non-hydrogen) atoms. The fraction of sp³-hybridized carbons (Fsp3) is 0.227. The lowest BCUT2D eigenvalue weighted by atomic mass is 10.2. The summed E-state index contributed by atoms with van der Waals surface area (Å²) in [6.45, 7) is 5.32. The van der Waals surface area contributed by atoms with E-state index >= 15 is 0 Å². The number of aromatic nitrogens is 1. The SMILES string of the molecule is c1ccc(CN2CCN(c3ccc(Oc4ccncc4)cc3)CC2)cc1. The van der Waals surface area contributed by atoms with E-state index in [4.69, 9.17) is 4.74 Å². The third-order valence-corrected chi connectivity index (χ3v) is 4.71. The third kappa shape index (κ3) is 4.21. The van der Waals surface area contributed by atoms with Gasteiger partial charge in [-0.1, -0.05) is 30.3 Å². The van der Waals surface area contributed by atoms with E-state index in [9.17, 15) is 0 Å². The number of piperazine rings is 1. The number of nitrogens with zero attached hydrogens (tertiary/aromatic N) is 3. The van der Waals surface area contributed by atoms with Gasteiger partial charge < -0.3 is 9.64 Å². The zero-order valence-corrected chi connectivity index (χ0v) is 14.8. The minimum atomic E-state index is 0.808. The minimum absolute atomic E-state index is 0.808. The maximum absolute atomic E-state index is 5.84. The highest BCUT2D eigenvalue weighted by molar-refractivity contribution is 5.50. The highest BCUT2D eigenvalue weighted by Gasteiger charge is 2.17. The van der Waals surface area contributed by atoms with E-state index in [0.29, 0.717) is 0 Å². The van der Waals surface area contributed by atoms with E-state index in [2.05, 4.69) is 57.2 Å². The van der Waals surface area contributed by atoms with E-state index in [1.807, 2.05) is 24.3 Å². The molecule has 132 valence electrons. The van der Waals surface area contributed by atoms with Crippen LogP contribution in [-0.2, 0) is 6.54 Å². The number of hydrogen-bond acceptors (Lipinski definition) is 4. The monoisotopic (exact) mass is 345 g/mol. The van der Waals surface area contributed by atoms with E-state index < -0.39 is 0 Å². The van der Waals surface area contributed by atoms with Crippen LogP contribution >= 0.6 is 0 Å². The summed E-state index contributed by atoms with van der Waals surface area (Å²) < 4.78 is 5.84. The normalized spacial score (nSPS) is 15.0. The summed E-state index contributed by atoms with van der Waals surface area (Å²) >= 11 is 0. The van der Waals surface area contributed by atoms with Crippen molar-refractivity contribution in [3.63, 3.8) is 0 Å². The Bertz CT molecular complexity index is 798. The first-order valence-electron chi connectivity index (χ1n) is 9.06. The zero-order chi connectivity index (χ0) is 17.6. The Kier molecular flexibility index (Phi) is 5.12. The molecule has 0 N–H and O–H groups in total. The van der Waals surface area contributed by atoms with Gasteiger partial charge in [0.05, 0.1) is 0 Å². The molecule has 4 rings (SSSR count). The van der Waals surface area contributed by atoms with Crippen molar-refractivity contribution < 1.29 is 4.74 Å². The second-order valence-electron chi connectivity index (χ2n) is 6.53. The topological polar surface area (TPSA) is 28.6 Å². The van der Waals surface area contributed by atoms with Crippen molar-refractivity contribution in [2.45, 2.75) is 6.54 Å². The van der Waals surface area contributed by atoms with Crippen LogP contribution in [0.2, 0.25) is 0 Å². The van der Waals surface area contributed by atoms with Gasteiger partial charge in [0.25, 0.3) is 0 Å². The lowest BCUT2D eigenvalue weighted by molar-refractivity contribution is 0.250. The molecular formula is C22H23N3O. The van der Waals surface area contributed by atoms with Crippen molar-refractivity contribution in [1.82, 2.24) is 9.88 Å². The van der Waals surface area contributed by atoms with Crippen LogP contribution in [-0.4, -0.2) is 36.1 Å². The fourth-order valence-corrected chi connectivity index (χ4v) is 3.27. The Morgan fingerprint density at radius 3 is 2.08 bits per heavy atom. The quantitative estimate of drug-likeness (QED) is 0.693. The molecule has 1 fully saturated rings. The summed E-state index contributed by atoms with van der Waals surface area (Å²) in [5.74, 6) is 1.66. The predicted molar refractivity (Wildman–Crippen MR) is 105 cm³/mol. The van der Waals surface area contributed by atoms with Gasteiger partial charge >= 0.3 is 0 Å². The first-order chi connectivity index (χ1) is 12.9. The minimum Gasteiger partial charge on any atom is -0.457 e. The molecule has 0 radical (unpaired) electrons. The van der Waals surface area contributed by atoms with E-state index in [-0.39, 0.29) is 0 Å². The average Bonchev–Trinajstić information content (AvgIpc) is 2.71. The molecule has 1 aliphatic heterocycles. The second kappa shape index (κ2) is 8.02. The first kappa shape index (κ1) is 16.6. The Balaban J connectivity index is 1.31. The lowest BCUT2D eigenvalue weighted by Crippen LogP contribution is -2.45. The van der Waals surface area contributed by atoms with Gasteiger partial charge in [-0.15, -0.1) is 0 Å². The average molecular weight is 345 g/mol. The smallest absolute Gasteiger partial charge is 0.130 e. The molecule has 0 amide bonds. The van der Waals surface area contributed by atoms with E-state index in [1.165, 1.54) is 11.3 Å². The number of anilines is 1. The Labute approximate surface area is 154 Å². The molecule has 0 bridgehead atoms. The van der Waals surface area contributed by atoms with Crippen LogP contribution in [0.1, 0.15) is 5.56 Å². The number of hydrogen-bond donors (Lipinski definition) is 0.